The number of carbonyl (C=O) groups is 4. The largest absolute Gasteiger partial charge is 0.493 e. The molecule has 0 saturated heterocycles. The number of hydrogen-bond donors (Lipinski definition) is 0. The van der Waals surface area contributed by atoms with Gasteiger partial charge >= 0.3 is 11.9 Å². The number of ether oxygens (including phenoxy) is 4. The molecule has 0 spiro atoms. The van der Waals surface area contributed by atoms with Crippen LogP contribution in [-0.4, -0.2) is 38.7 Å². The summed E-state index contributed by atoms with van der Waals surface area (Å²) in [5.41, 5.74) is 2.02. The second-order valence-corrected chi connectivity index (χ2v) is 8.77. The molecular formula is C34H26O8. The molecule has 4 aromatic carbocycles. The fourth-order valence-electron chi connectivity index (χ4n) is 3.91. The van der Waals surface area contributed by atoms with Crippen LogP contribution in [0.15, 0.2) is 108 Å². The van der Waals surface area contributed by atoms with Crippen LogP contribution in [0.2, 0.25) is 0 Å². The first-order chi connectivity index (χ1) is 20.4. The molecule has 4 rings (SSSR count). The Balaban J connectivity index is 1.57. The lowest BCUT2D eigenvalue weighted by atomic mass is 10.0. The molecule has 0 unspecified atom stereocenters. The van der Waals surface area contributed by atoms with Crippen molar-refractivity contribution < 1.29 is 38.1 Å². The summed E-state index contributed by atoms with van der Waals surface area (Å²) in [4.78, 5) is 48.9. The lowest BCUT2D eigenvalue weighted by molar-refractivity contribution is -0.107. The summed E-state index contributed by atoms with van der Waals surface area (Å²) in [7, 11) is 2.85. The second kappa shape index (κ2) is 14.0. The van der Waals surface area contributed by atoms with Gasteiger partial charge in [0.2, 0.25) is 0 Å². The molecule has 0 amide bonds. The molecule has 0 aliphatic rings. The summed E-state index contributed by atoms with van der Waals surface area (Å²) in [5, 5.41) is 0. The molecule has 8 heteroatoms. The lowest BCUT2D eigenvalue weighted by Gasteiger charge is -2.11. The van der Waals surface area contributed by atoms with Crippen LogP contribution in [0.5, 0.6) is 23.0 Å². The molecule has 0 aliphatic carbocycles. The molecule has 8 nitrogen and oxygen atoms in total. The Bertz CT molecular complexity index is 1530. The Kier molecular flexibility index (Phi) is 9.77. The van der Waals surface area contributed by atoms with Crippen molar-refractivity contribution in [3.05, 3.63) is 130 Å². The minimum Gasteiger partial charge on any atom is -0.493 e. The summed E-state index contributed by atoms with van der Waals surface area (Å²) in [6, 6.07) is 26.5. The van der Waals surface area contributed by atoms with E-state index in [9.17, 15) is 19.2 Å². The average molecular weight is 563 g/mol. The van der Waals surface area contributed by atoms with E-state index in [0.717, 1.165) is 0 Å². The monoisotopic (exact) mass is 562 g/mol. The molecule has 0 aliphatic heterocycles. The van der Waals surface area contributed by atoms with Gasteiger partial charge in [-0.15, -0.1) is 0 Å². The molecular weight excluding hydrogens is 536 g/mol. The van der Waals surface area contributed by atoms with E-state index in [-0.39, 0.29) is 34.1 Å². The van der Waals surface area contributed by atoms with Gasteiger partial charge in [-0.25, -0.2) is 9.59 Å². The molecule has 0 atom stereocenters. The van der Waals surface area contributed by atoms with Gasteiger partial charge in [0.25, 0.3) is 0 Å². The van der Waals surface area contributed by atoms with E-state index >= 15 is 0 Å². The van der Waals surface area contributed by atoms with E-state index in [2.05, 4.69) is 0 Å². The standard InChI is InChI=1S/C34H26O8/c1-39-31-19-23(13-15-29(31)41-33(37)25-9-5-3-6-10-25)17-27(21-35)28(22-36)18-24-14-16-30(32(20-24)40-2)42-34(38)26-11-7-4-8-12-26/h3-22H,1-2H3/b27-17-,28-18-. The van der Waals surface area contributed by atoms with E-state index in [1.54, 1.807) is 97.1 Å². The highest BCUT2D eigenvalue weighted by atomic mass is 16.6. The van der Waals surface area contributed by atoms with E-state index in [4.69, 9.17) is 18.9 Å². The number of benzene rings is 4. The number of esters is 2. The van der Waals surface area contributed by atoms with Gasteiger partial charge in [-0.3, -0.25) is 9.59 Å². The van der Waals surface area contributed by atoms with E-state index in [0.29, 0.717) is 34.8 Å². The normalized spacial score (nSPS) is 11.3. The third-order valence-electron chi connectivity index (χ3n) is 6.03. The summed E-state index contributed by atoms with van der Waals surface area (Å²) >= 11 is 0. The number of carbonyl (C=O) groups excluding carboxylic acids is 4. The van der Waals surface area contributed by atoms with Crippen LogP contribution >= 0.6 is 0 Å². The number of allylic oxidation sites excluding steroid dienone is 2. The van der Waals surface area contributed by atoms with Crippen molar-refractivity contribution in [2.75, 3.05) is 14.2 Å². The summed E-state index contributed by atoms with van der Waals surface area (Å²) in [5.74, 6) is -0.174. The van der Waals surface area contributed by atoms with Gasteiger partial charge in [0.05, 0.1) is 25.3 Å². The average Bonchev–Trinajstić information content (AvgIpc) is 3.04. The molecule has 210 valence electrons. The van der Waals surface area contributed by atoms with Crippen molar-refractivity contribution in [3.8, 4) is 23.0 Å². The third kappa shape index (κ3) is 7.25. The molecule has 4 aromatic rings. The van der Waals surface area contributed by atoms with Gasteiger partial charge in [-0.1, -0.05) is 48.5 Å². The summed E-state index contributed by atoms with van der Waals surface area (Å²) < 4.78 is 21.7. The Morgan fingerprint density at radius 3 is 1.24 bits per heavy atom. The molecule has 0 radical (unpaired) electrons. The Hall–Kier alpha value is -5.76. The van der Waals surface area contributed by atoms with E-state index in [1.165, 1.54) is 26.4 Å². The maximum absolute atomic E-state index is 12.5. The molecule has 0 fully saturated rings. The molecule has 0 heterocycles. The minimum atomic E-state index is -0.548. The van der Waals surface area contributed by atoms with Crippen LogP contribution in [0.1, 0.15) is 31.8 Å². The minimum absolute atomic E-state index is 0.0969. The first-order valence-electron chi connectivity index (χ1n) is 12.7. The zero-order valence-corrected chi connectivity index (χ0v) is 22.8. The van der Waals surface area contributed by atoms with Crippen LogP contribution in [0, 0.1) is 0 Å². The van der Waals surface area contributed by atoms with Crippen LogP contribution < -0.4 is 18.9 Å². The summed E-state index contributed by atoms with van der Waals surface area (Å²) in [6.07, 6.45) is 4.13. The Morgan fingerprint density at radius 1 is 0.524 bits per heavy atom. The van der Waals surface area contributed by atoms with Crippen molar-refractivity contribution in [1.82, 2.24) is 0 Å². The van der Waals surface area contributed by atoms with Gasteiger partial charge in [0.15, 0.2) is 35.6 Å². The number of rotatable bonds is 11. The Labute approximate surface area is 242 Å². The van der Waals surface area contributed by atoms with Gasteiger partial charge < -0.3 is 18.9 Å². The number of hydrogen-bond acceptors (Lipinski definition) is 8. The van der Waals surface area contributed by atoms with Crippen molar-refractivity contribution >= 4 is 36.7 Å². The van der Waals surface area contributed by atoms with Gasteiger partial charge in [-0.2, -0.15) is 0 Å². The second-order valence-electron chi connectivity index (χ2n) is 8.77. The molecule has 42 heavy (non-hydrogen) atoms. The quantitative estimate of drug-likeness (QED) is 0.0720. The van der Waals surface area contributed by atoms with Crippen LogP contribution in [-0.2, 0) is 9.59 Å². The van der Waals surface area contributed by atoms with Crippen LogP contribution in [0.4, 0.5) is 0 Å². The topological polar surface area (TPSA) is 105 Å². The molecule has 0 aromatic heterocycles. The first-order valence-corrected chi connectivity index (χ1v) is 12.7. The van der Waals surface area contributed by atoms with Crippen molar-refractivity contribution in [3.63, 3.8) is 0 Å². The maximum Gasteiger partial charge on any atom is 0.343 e. The van der Waals surface area contributed by atoms with Crippen molar-refractivity contribution in [2.45, 2.75) is 0 Å². The lowest BCUT2D eigenvalue weighted by Crippen LogP contribution is -2.09. The molecule has 0 saturated carbocycles. The fourth-order valence-corrected chi connectivity index (χ4v) is 3.91. The summed E-state index contributed by atoms with van der Waals surface area (Å²) in [6.45, 7) is 0. The molecule has 0 bridgehead atoms. The van der Waals surface area contributed by atoms with Gasteiger partial charge in [0.1, 0.15) is 0 Å². The van der Waals surface area contributed by atoms with Gasteiger partial charge in [0, 0.05) is 11.1 Å². The zero-order chi connectivity index (χ0) is 29.9. The van der Waals surface area contributed by atoms with Crippen LogP contribution in [0.3, 0.4) is 0 Å². The van der Waals surface area contributed by atoms with E-state index < -0.39 is 11.9 Å². The fraction of sp³-hybridized carbons (Fsp3) is 0.0588. The number of methoxy groups -OCH3 is 2. The molecule has 0 N–H and O–H groups in total. The maximum atomic E-state index is 12.5. The highest BCUT2D eigenvalue weighted by Crippen LogP contribution is 2.32. The predicted octanol–water partition coefficient (Wildman–Crippen LogP) is 6.01. The van der Waals surface area contributed by atoms with Crippen molar-refractivity contribution in [1.29, 1.82) is 0 Å². The Morgan fingerprint density at radius 2 is 0.905 bits per heavy atom. The first kappa shape index (κ1) is 29.2. The van der Waals surface area contributed by atoms with Gasteiger partial charge in [-0.05, 0) is 71.8 Å². The zero-order valence-electron chi connectivity index (χ0n) is 22.8. The van der Waals surface area contributed by atoms with E-state index in [1.807, 2.05) is 0 Å². The smallest absolute Gasteiger partial charge is 0.343 e. The predicted molar refractivity (Wildman–Crippen MR) is 157 cm³/mol. The van der Waals surface area contributed by atoms with Crippen molar-refractivity contribution in [2.24, 2.45) is 0 Å². The third-order valence-corrected chi connectivity index (χ3v) is 6.03. The van der Waals surface area contributed by atoms with Crippen LogP contribution in [0.25, 0.3) is 12.2 Å². The highest BCUT2D eigenvalue weighted by Gasteiger charge is 2.15. The highest BCUT2D eigenvalue weighted by molar-refractivity contribution is 6.02. The number of aldehydes is 2. The SMILES string of the molecule is COc1cc(/C=C(C=O)\C(C=O)=C/c2ccc(OC(=O)c3ccccc3)c(OC)c2)ccc1OC(=O)c1ccccc1.